The van der Waals surface area contributed by atoms with Gasteiger partial charge in [0.05, 0.1) is 4.92 Å². The zero-order valence-electron chi connectivity index (χ0n) is 9.61. The van der Waals surface area contributed by atoms with Crippen LogP contribution in [0.1, 0.15) is 25.8 Å². The first-order valence-corrected chi connectivity index (χ1v) is 5.22. The molecule has 1 aromatic carbocycles. The Hall–Kier alpha value is -1.72. The fraction of sp³-hybridized carbons (Fsp3) is 0.455. The summed E-state index contributed by atoms with van der Waals surface area (Å²) in [4.78, 5) is 9.81. The van der Waals surface area contributed by atoms with E-state index in [1.165, 1.54) is 12.1 Å². The minimum atomic E-state index is -2.73. The van der Waals surface area contributed by atoms with Gasteiger partial charge in [-0.1, -0.05) is 13.8 Å². The minimum absolute atomic E-state index is 0.249. The van der Waals surface area contributed by atoms with Crippen molar-refractivity contribution in [3.63, 3.8) is 0 Å². The maximum atomic E-state index is 12.7. The van der Waals surface area contributed by atoms with Crippen molar-refractivity contribution in [3.05, 3.63) is 33.9 Å². The molecule has 0 aromatic heterocycles. The molecule has 0 aliphatic heterocycles. The van der Waals surface area contributed by atoms with E-state index in [-0.39, 0.29) is 16.9 Å². The molecule has 1 N–H and O–H groups in total. The van der Waals surface area contributed by atoms with Gasteiger partial charge in [0.15, 0.2) is 0 Å². The Bertz CT molecular complexity index is 408. The van der Waals surface area contributed by atoms with Crippen molar-refractivity contribution in [1.82, 2.24) is 0 Å². The summed E-state index contributed by atoms with van der Waals surface area (Å²) >= 11 is 0. The van der Waals surface area contributed by atoms with Gasteiger partial charge in [-0.2, -0.15) is 0 Å². The lowest BCUT2D eigenvalue weighted by Gasteiger charge is -2.13. The maximum absolute atomic E-state index is 12.7. The molecular formula is C11H14F2N2O2. The van der Waals surface area contributed by atoms with E-state index in [1.54, 1.807) is 0 Å². The van der Waals surface area contributed by atoms with Gasteiger partial charge in [-0.15, -0.1) is 0 Å². The Morgan fingerprint density at radius 2 is 2.06 bits per heavy atom. The lowest BCUT2D eigenvalue weighted by atomic mass is 10.1. The summed E-state index contributed by atoms with van der Waals surface area (Å²) in [5, 5.41) is 13.4. The van der Waals surface area contributed by atoms with Gasteiger partial charge < -0.3 is 5.32 Å². The summed E-state index contributed by atoms with van der Waals surface area (Å²) in [5.74, 6) is 0.302. The highest BCUT2D eigenvalue weighted by atomic mass is 19.3. The van der Waals surface area contributed by atoms with Crippen LogP contribution in [0.4, 0.5) is 20.2 Å². The largest absolute Gasteiger partial charge is 0.384 e. The third kappa shape index (κ3) is 3.65. The zero-order chi connectivity index (χ0) is 13.0. The standard InChI is InChI=1S/C11H14F2N2O2/c1-7(2)6-14-10-4-3-8(15(16)17)5-9(10)11(12)13/h3-5,7,11,14H,6H2,1-2H3. The van der Waals surface area contributed by atoms with Gasteiger partial charge in [0.1, 0.15) is 0 Å². The fourth-order valence-corrected chi connectivity index (χ4v) is 1.32. The predicted molar refractivity (Wildman–Crippen MR) is 61.4 cm³/mol. The number of hydrogen-bond acceptors (Lipinski definition) is 3. The van der Waals surface area contributed by atoms with Crippen molar-refractivity contribution < 1.29 is 13.7 Å². The van der Waals surface area contributed by atoms with Gasteiger partial charge in [-0.3, -0.25) is 10.1 Å². The van der Waals surface area contributed by atoms with Crippen LogP contribution in [0.3, 0.4) is 0 Å². The summed E-state index contributed by atoms with van der Waals surface area (Å²) in [6.45, 7) is 4.43. The van der Waals surface area contributed by atoms with Crippen LogP contribution in [0.5, 0.6) is 0 Å². The molecule has 0 saturated carbocycles. The molecule has 0 fully saturated rings. The van der Waals surface area contributed by atoms with E-state index in [4.69, 9.17) is 0 Å². The second-order valence-electron chi connectivity index (χ2n) is 4.10. The Morgan fingerprint density at radius 3 is 2.53 bits per heavy atom. The SMILES string of the molecule is CC(C)CNc1ccc([N+](=O)[O-])cc1C(F)F. The lowest BCUT2D eigenvalue weighted by molar-refractivity contribution is -0.385. The number of hydrogen-bond donors (Lipinski definition) is 1. The van der Waals surface area contributed by atoms with Gasteiger partial charge in [0.2, 0.25) is 0 Å². The Morgan fingerprint density at radius 1 is 1.41 bits per heavy atom. The van der Waals surface area contributed by atoms with E-state index in [9.17, 15) is 18.9 Å². The smallest absolute Gasteiger partial charge is 0.270 e. The Balaban J connectivity index is 3.00. The van der Waals surface area contributed by atoms with Gasteiger partial charge in [0, 0.05) is 29.9 Å². The van der Waals surface area contributed by atoms with Crippen molar-refractivity contribution in [3.8, 4) is 0 Å². The van der Waals surface area contributed by atoms with Crippen LogP contribution < -0.4 is 5.32 Å². The quantitative estimate of drug-likeness (QED) is 0.636. The summed E-state index contributed by atoms with van der Waals surface area (Å²) < 4.78 is 25.5. The predicted octanol–water partition coefficient (Wildman–Crippen LogP) is 3.60. The molecule has 4 nitrogen and oxygen atoms in total. The average Bonchev–Trinajstić information content (AvgIpc) is 2.25. The van der Waals surface area contributed by atoms with Gasteiger partial charge in [0.25, 0.3) is 12.1 Å². The van der Waals surface area contributed by atoms with Crippen LogP contribution in [-0.4, -0.2) is 11.5 Å². The number of benzene rings is 1. The van der Waals surface area contributed by atoms with E-state index >= 15 is 0 Å². The molecule has 0 amide bonds. The van der Waals surface area contributed by atoms with Gasteiger partial charge >= 0.3 is 0 Å². The van der Waals surface area contributed by atoms with E-state index in [0.29, 0.717) is 12.5 Å². The highest BCUT2D eigenvalue weighted by Crippen LogP contribution is 2.30. The molecule has 0 heterocycles. The third-order valence-electron chi connectivity index (χ3n) is 2.18. The molecule has 0 radical (unpaired) electrons. The molecule has 94 valence electrons. The van der Waals surface area contributed by atoms with Crippen molar-refractivity contribution >= 4 is 11.4 Å². The first-order chi connectivity index (χ1) is 7.91. The highest BCUT2D eigenvalue weighted by Gasteiger charge is 2.17. The first kappa shape index (κ1) is 13.3. The van der Waals surface area contributed by atoms with Crippen LogP contribution in [0, 0.1) is 16.0 Å². The number of rotatable bonds is 5. The van der Waals surface area contributed by atoms with Crippen molar-refractivity contribution in [2.24, 2.45) is 5.92 Å². The Kier molecular flexibility index (Phi) is 4.37. The van der Waals surface area contributed by atoms with E-state index in [1.807, 2.05) is 13.8 Å². The average molecular weight is 244 g/mol. The molecule has 17 heavy (non-hydrogen) atoms. The van der Waals surface area contributed by atoms with Gasteiger partial charge in [-0.25, -0.2) is 8.78 Å². The normalized spacial score (nSPS) is 10.9. The molecule has 0 aliphatic carbocycles. The molecule has 0 spiro atoms. The zero-order valence-corrected chi connectivity index (χ0v) is 9.61. The minimum Gasteiger partial charge on any atom is -0.384 e. The second-order valence-corrected chi connectivity index (χ2v) is 4.10. The van der Waals surface area contributed by atoms with Crippen LogP contribution >= 0.6 is 0 Å². The molecule has 0 aliphatic rings. The number of non-ortho nitro benzene ring substituents is 1. The molecule has 0 bridgehead atoms. The van der Waals surface area contributed by atoms with Crippen molar-refractivity contribution in [1.29, 1.82) is 0 Å². The molecule has 0 atom stereocenters. The number of nitrogens with one attached hydrogen (secondary N) is 1. The van der Waals surface area contributed by atoms with Crippen molar-refractivity contribution in [2.75, 3.05) is 11.9 Å². The van der Waals surface area contributed by atoms with Crippen LogP contribution in [0.15, 0.2) is 18.2 Å². The van der Waals surface area contributed by atoms with Crippen LogP contribution in [-0.2, 0) is 0 Å². The van der Waals surface area contributed by atoms with Crippen LogP contribution in [0.2, 0.25) is 0 Å². The number of halogens is 2. The summed E-state index contributed by atoms with van der Waals surface area (Å²) in [5.41, 5.74) is -0.408. The molecule has 0 unspecified atom stereocenters. The molecule has 0 saturated heterocycles. The van der Waals surface area contributed by atoms with E-state index in [0.717, 1.165) is 6.07 Å². The molecule has 6 heteroatoms. The van der Waals surface area contributed by atoms with Crippen molar-refractivity contribution in [2.45, 2.75) is 20.3 Å². The topological polar surface area (TPSA) is 55.2 Å². The monoisotopic (exact) mass is 244 g/mol. The summed E-state index contributed by atoms with van der Waals surface area (Å²) in [6, 6.07) is 3.45. The number of anilines is 1. The molecule has 1 rings (SSSR count). The second kappa shape index (κ2) is 5.56. The summed E-state index contributed by atoms with van der Waals surface area (Å²) in [6.07, 6.45) is -2.73. The molecule has 1 aromatic rings. The first-order valence-electron chi connectivity index (χ1n) is 5.22. The fourth-order valence-electron chi connectivity index (χ4n) is 1.32. The number of nitrogens with zero attached hydrogens (tertiary/aromatic N) is 1. The van der Waals surface area contributed by atoms with E-state index < -0.39 is 11.3 Å². The number of alkyl halides is 2. The Labute approximate surface area is 97.8 Å². The number of nitro groups is 1. The van der Waals surface area contributed by atoms with E-state index in [2.05, 4.69) is 5.32 Å². The van der Waals surface area contributed by atoms with Gasteiger partial charge in [-0.05, 0) is 12.0 Å². The van der Waals surface area contributed by atoms with Crippen LogP contribution in [0.25, 0.3) is 0 Å². The number of nitro benzene ring substituents is 1. The molecular weight excluding hydrogens is 230 g/mol. The maximum Gasteiger partial charge on any atom is 0.270 e. The summed E-state index contributed by atoms with van der Waals surface area (Å²) in [7, 11) is 0. The third-order valence-corrected chi connectivity index (χ3v) is 2.18. The highest BCUT2D eigenvalue weighted by molar-refractivity contribution is 5.56. The lowest BCUT2D eigenvalue weighted by Crippen LogP contribution is -2.10.